The number of hydrazone groups is 1. The third-order valence-corrected chi connectivity index (χ3v) is 6.25. The third-order valence-electron chi connectivity index (χ3n) is 6.04. The molecule has 2 aromatic heterocycles. The number of rotatable bonds is 8. The van der Waals surface area contributed by atoms with Gasteiger partial charge in [-0.2, -0.15) is 15.3 Å². The number of nitriles is 1. The number of anilines is 1. The van der Waals surface area contributed by atoms with Gasteiger partial charge in [0.25, 0.3) is 0 Å². The zero-order chi connectivity index (χ0) is 27.2. The third kappa shape index (κ3) is 5.90. The summed E-state index contributed by atoms with van der Waals surface area (Å²) in [6.45, 7) is 5.06. The average Bonchev–Trinajstić information content (AvgIpc) is 3.24. The quantitative estimate of drug-likeness (QED) is 0.444. The summed E-state index contributed by atoms with van der Waals surface area (Å²) in [5, 5.41) is 19.1. The molecule has 1 aliphatic heterocycles. The Balaban J connectivity index is 1.71. The van der Waals surface area contributed by atoms with E-state index in [4.69, 9.17) is 11.6 Å². The number of hydrogen-bond donors (Lipinski definition) is 1. The second-order valence-corrected chi connectivity index (χ2v) is 9.25. The molecule has 11 heteroatoms. The molecule has 1 aliphatic rings. The highest BCUT2D eigenvalue weighted by Crippen LogP contribution is 2.16. The van der Waals surface area contributed by atoms with E-state index in [0.29, 0.717) is 12.1 Å². The lowest BCUT2D eigenvalue weighted by Crippen LogP contribution is -2.42. The van der Waals surface area contributed by atoms with Crippen LogP contribution in [-0.4, -0.2) is 50.0 Å². The first kappa shape index (κ1) is 26.6. The van der Waals surface area contributed by atoms with Crippen LogP contribution in [0.15, 0.2) is 75.7 Å². The molecular weight excluding hydrogens is 504 g/mol. The van der Waals surface area contributed by atoms with Crippen LogP contribution in [0.4, 0.5) is 5.95 Å². The molecule has 0 amide bonds. The van der Waals surface area contributed by atoms with Crippen molar-refractivity contribution in [1.29, 1.82) is 5.26 Å². The minimum Gasteiger partial charge on any atom is -0.352 e. The normalized spacial score (nSPS) is 15.3. The molecular formula is C27H27ClN8O2. The van der Waals surface area contributed by atoms with Crippen LogP contribution in [-0.2, 0) is 6.54 Å². The van der Waals surface area contributed by atoms with E-state index in [0.717, 1.165) is 28.0 Å². The molecule has 1 N–H and O–H groups in total. The smallest absolute Gasteiger partial charge is 0.352 e. The highest BCUT2D eigenvalue weighted by Gasteiger charge is 2.20. The number of nitrogens with zero attached hydrogens (tertiary/aromatic N) is 7. The summed E-state index contributed by atoms with van der Waals surface area (Å²) in [4.78, 5) is 34.8. The molecule has 194 valence electrons. The zero-order valence-corrected chi connectivity index (χ0v) is 22.1. The van der Waals surface area contributed by atoms with Gasteiger partial charge < -0.3 is 5.32 Å². The minimum absolute atomic E-state index is 0.0916. The van der Waals surface area contributed by atoms with Gasteiger partial charge >= 0.3 is 11.4 Å². The van der Waals surface area contributed by atoms with Crippen LogP contribution in [0, 0.1) is 24.2 Å². The molecule has 0 bridgehead atoms. The molecule has 3 heterocycles. The summed E-state index contributed by atoms with van der Waals surface area (Å²) in [5.74, 6) is 0.302. The Hall–Kier alpha value is -4.49. The van der Waals surface area contributed by atoms with Crippen molar-refractivity contribution in [3.05, 3.63) is 104 Å². The Morgan fingerprint density at radius 3 is 2.82 bits per heavy atom. The van der Waals surface area contributed by atoms with E-state index in [2.05, 4.69) is 32.5 Å². The van der Waals surface area contributed by atoms with Crippen LogP contribution in [0.2, 0.25) is 5.02 Å². The first-order chi connectivity index (χ1) is 18.3. The summed E-state index contributed by atoms with van der Waals surface area (Å²) < 4.78 is 2.29. The molecule has 0 fully saturated rings. The van der Waals surface area contributed by atoms with E-state index < -0.39 is 11.4 Å². The van der Waals surface area contributed by atoms with Crippen LogP contribution in [0.3, 0.4) is 0 Å². The van der Waals surface area contributed by atoms with E-state index in [1.54, 1.807) is 12.1 Å². The van der Waals surface area contributed by atoms with Crippen molar-refractivity contribution in [1.82, 2.24) is 24.1 Å². The molecule has 10 nitrogen and oxygen atoms in total. The molecule has 1 atom stereocenters. The van der Waals surface area contributed by atoms with E-state index in [-0.39, 0.29) is 29.1 Å². The van der Waals surface area contributed by atoms with Gasteiger partial charge in [-0.3, -0.25) is 14.6 Å². The minimum atomic E-state index is -0.765. The Morgan fingerprint density at radius 2 is 2.08 bits per heavy atom. The van der Waals surface area contributed by atoms with Crippen LogP contribution >= 0.6 is 11.6 Å². The summed E-state index contributed by atoms with van der Waals surface area (Å²) in [7, 11) is 1.92. The van der Waals surface area contributed by atoms with E-state index in [9.17, 15) is 14.9 Å². The van der Waals surface area contributed by atoms with Crippen molar-refractivity contribution in [3.8, 4) is 11.8 Å². The number of pyridine rings is 1. The molecule has 0 radical (unpaired) electrons. The van der Waals surface area contributed by atoms with Crippen LogP contribution in [0.5, 0.6) is 0 Å². The monoisotopic (exact) mass is 530 g/mol. The number of nitrogens with one attached hydrogen (secondary N) is 1. The van der Waals surface area contributed by atoms with Crippen molar-refractivity contribution >= 4 is 23.3 Å². The standard InChI is InChI=1S/C27H27ClN8O2/c1-4-6-20-16-34(3)33-24(20)7-5-10-31-25-32-26(37)36(23-12-22(28)14-30-15-23)27(38)35(25)17-21-11-19(13-29)9-8-18(21)2/h4-9,11-12,14-15,20H,10,16-17H2,1-3H3,(H,31,32,37)/b6-4+,7-5-. The van der Waals surface area contributed by atoms with Gasteiger partial charge in [-0.05, 0) is 49.2 Å². The van der Waals surface area contributed by atoms with Gasteiger partial charge in [0.1, 0.15) is 0 Å². The van der Waals surface area contributed by atoms with Crippen molar-refractivity contribution in [2.75, 3.05) is 25.5 Å². The molecule has 0 saturated heterocycles. The number of halogens is 1. The molecule has 0 saturated carbocycles. The Morgan fingerprint density at radius 1 is 1.26 bits per heavy atom. The van der Waals surface area contributed by atoms with Gasteiger partial charge in [0.2, 0.25) is 5.95 Å². The van der Waals surface area contributed by atoms with Gasteiger partial charge in [-0.15, -0.1) is 0 Å². The highest BCUT2D eigenvalue weighted by molar-refractivity contribution is 6.30. The predicted octanol–water partition coefficient (Wildman–Crippen LogP) is 3.13. The Bertz CT molecular complexity index is 1600. The fourth-order valence-corrected chi connectivity index (χ4v) is 4.33. The second-order valence-electron chi connectivity index (χ2n) is 8.82. The Kier molecular flexibility index (Phi) is 8.19. The van der Waals surface area contributed by atoms with Gasteiger partial charge in [0.15, 0.2) is 0 Å². The topological polar surface area (TPSA) is 121 Å². The molecule has 0 aliphatic carbocycles. The summed E-state index contributed by atoms with van der Waals surface area (Å²) in [6, 6.07) is 8.85. The number of hydrogen-bond acceptors (Lipinski definition) is 8. The number of aromatic nitrogens is 4. The molecule has 1 aromatic carbocycles. The highest BCUT2D eigenvalue weighted by atomic mass is 35.5. The number of aryl methyl sites for hydroxylation is 1. The van der Waals surface area contributed by atoms with Gasteiger partial charge in [-0.1, -0.05) is 35.9 Å². The molecule has 4 rings (SSSR count). The van der Waals surface area contributed by atoms with Crippen LogP contribution in [0.25, 0.3) is 5.69 Å². The lowest BCUT2D eigenvalue weighted by atomic mass is 10.0. The summed E-state index contributed by atoms with van der Waals surface area (Å²) >= 11 is 6.06. The first-order valence-electron chi connectivity index (χ1n) is 12.0. The maximum Gasteiger partial charge on any atom is 0.359 e. The molecule has 0 spiro atoms. The van der Waals surface area contributed by atoms with E-state index >= 15 is 0 Å². The largest absolute Gasteiger partial charge is 0.359 e. The first-order valence-corrected chi connectivity index (χ1v) is 12.4. The zero-order valence-electron chi connectivity index (χ0n) is 21.3. The average molecular weight is 531 g/mol. The van der Waals surface area contributed by atoms with Crippen molar-refractivity contribution in [2.45, 2.75) is 20.4 Å². The molecule has 38 heavy (non-hydrogen) atoms. The van der Waals surface area contributed by atoms with E-state index in [1.165, 1.54) is 23.0 Å². The lowest BCUT2D eigenvalue weighted by molar-refractivity contribution is 0.376. The fourth-order valence-electron chi connectivity index (χ4n) is 4.17. The van der Waals surface area contributed by atoms with Crippen LogP contribution < -0.4 is 16.7 Å². The predicted molar refractivity (Wildman–Crippen MR) is 148 cm³/mol. The maximum atomic E-state index is 13.6. The second kappa shape index (κ2) is 11.7. The van der Waals surface area contributed by atoms with Gasteiger partial charge in [-0.25, -0.2) is 14.2 Å². The van der Waals surface area contributed by atoms with Gasteiger partial charge in [0.05, 0.1) is 40.8 Å². The van der Waals surface area contributed by atoms with Crippen molar-refractivity contribution in [3.63, 3.8) is 0 Å². The summed E-state index contributed by atoms with van der Waals surface area (Å²) in [5.41, 5.74) is 1.86. The molecule has 3 aromatic rings. The maximum absolute atomic E-state index is 13.6. The van der Waals surface area contributed by atoms with Gasteiger partial charge in [0, 0.05) is 32.3 Å². The number of allylic oxidation sites excluding steroid dienone is 2. The van der Waals surface area contributed by atoms with Crippen molar-refractivity contribution in [2.24, 2.45) is 11.0 Å². The van der Waals surface area contributed by atoms with Crippen LogP contribution in [0.1, 0.15) is 23.6 Å². The Labute approximate surface area is 224 Å². The molecule has 1 unspecified atom stereocenters. The van der Waals surface area contributed by atoms with E-state index in [1.807, 2.05) is 50.2 Å². The van der Waals surface area contributed by atoms with Crippen molar-refractivity contribution < 1.29 is 0 Å². The fraction of sp³-hybridized carbons (Fsp3) is 0.259. The summed E-state index contributed by atoms with van der Waals surface area (Å²) in [6.07, 6.45) is 10.7. The SMILES string of the molecule is C/C=C/C1CN(C)N=C1/C=C\CNc1nc(=O)n(-c2cncc(Cl)c2)c(=O)n1Cc1cc(C#N)ccc1C. The number of benzene rings is 1. The lowest BCUT2D eigenvalue weighted by Gasteiger charge is -2.16.